The molecule has 9 heteroatoms. The predicted molar refractivity (Wildman–Crippen MR) is 79.9 cm³/mol. The molecule has 1 heterocycles. The van der Waals surface area contributed by atoms with Crippen molar-refractivity contribution in [1.82, 2.24) is 4.90 Å². The fraction of sp³-hybridized carbons (Fsp3) is 0.357. The second kappa shape index (κ2) is 6.47. The fourth-order valence-corrected chi connectivity index (χ4v) is 3.42. The van der Waals surface area contributed by atoms with Crippen LogP contribution < -0.4 is 0 Å². The molecule has 1 unspecified atom stereocenters. The summed E-state index contributed by atoms with van der Waals surface area (Å²) in [5, 5.41) is 36.4. The van der Waals surface area contributed by atoms with Crippen molar-refractivity contribution < 1.29 is 34.8 Å². The largest absolute Gasteiger partial charge is 0.508 e. The average molecular weight is 341 g/mol. The van der Waals surface area contributed by atoms with Gasteiger partial charge >= 0.3 is 11.9 Å². The second-order valence-corrected chi connectivity index (χ2v) is 6.13. The summed E-state index contributed by atoms with van der Waals surface area (Å²) < 4.78 is 0. The van der Waals surface area contributed by atoms with Gasteiger partial charge in [-0.15, -0.1) is 11.8 Å². The number of nitrogens with zero attached hydrogens (tertiary/aromatic N) is 1. The first kappa shape index (κ1) is 17.1. The molecule has 1 aliphatic heterocycles. The lowest BCUT2D eigenvalue weighted by Gasteiger charge is -2.27. The van der Waals surface area contributed by atoms with E-state index in [-0.39, 0.29) is 24.0 Å². The monoisotopic (exact) mass is 341 g/mol. The molecule has 0 radical (unpaired) electrons. The normalized spacial score (nSPS) is 18.2. The Kier molecular flexibility index (Phi) is 4.81. The zero-order valence-corrected chi connectivity index (χ0v) is 12.7. The smallest absolute Gasteiger partial charge is 0.347 e. The molecule has 1 aromatic rings. The third kappa shape index (κ3) is 3.40. The molecule has 0 spiro atoms. The summed E-state index contributed by atoms with van der Waals surface area (Å²) in [6.07, 6.45) is -0.626. The maximum absolute atomic E-state index is 12.0. The summed E-state index contributed by atoms with van der Waals surface area (Å²) in [4.78, 5) is 35.2. The van der Waals surface area contributed by atoms with Crippen LogP contribution in [-0.2, 0) is 14.4 Å². The molecular weight excluding hydrogens is 326 g/mol. The summed E-state index contributed by atoms with van der Waals surface area (Å²) in [5.41, 5.74) is -2.22. The van der Waals surface area contributed by atoms with Crippen LogP contribution in [0.4, 0.5) is 0 Å². The van der Waals surface area contributed by atoms with Crippen molar-refractivity contribution in [1.29, 1.82) is 0 Å². The zero-order chi connectivity index (χ0) is 17.2. The number of carboxylic acids is 2. The van der Waals surface area contributed by atoms with E-state index in [1.807, 2.05) is 0 Å². The van der Waals surface area contributed by atoms with Crippen LogP contribution in [0.25, 0.3) is 0 Å². The lowest BCUT2D eigenvalue weighted by molar-refractivity contribution is -0.177. The van der Waals surface area contributed by atoms with Gasteiger partial charge in [0.1, 0.15) is 11.1 Å². The molecule has 124 valence electrons. The van der Waals surface area contributed by atoms with Crippen molar-refractivity contribution in [2.45, 2.75) is 17.4 Å². The third-order valence-corrected chi connectivity index (χ3v) is 4.82. The van der Waals surface area contributed by atoms with Gasteiger partial charge in [0, 0.05) is 13.0 Å². The van der Waals surface area contributed by atoms with Gasteiger partial charge in [0.25, 0.3) is 5.60 Å². The molecule has 1 atom stereocenters. The molecule has 1 aliphatic rings. The van der Waals surface area contributed by atoms with Crippen molar-refractivity contribution >= 4 is 29.6 Å². The third-order valence-electron chi connectivity index (χ3n) is 3.57. The molecule has 2 rings (SSSR count). The number of aromatic hydroxyl groups is 1. The number of carboxylic acid groups (broad SMARTS) is 2. The minimum absolute atomic E-state index is 0.0701. The summed E-state index contributed by atoms with van der Waals surface area (Å²) in [6.45, 7) is -0.216. The Hall–Kier alpha value is -2.26. The number of aliphatic hydroxyl groups is 1. The van der Waals surface area contributed by atoms with E-state index >= 15 is 0 Å². The van der Waals surface area contributed by atoms with E-state index in [1.54, 1.807) is 12.1 Å². The number of phenolic OH excluding ortho intramolecular Hbond substituents is 1. The lowest BCUT2D eigenvalue weighted by Crippen LogP contribution is -2.49. The minimum Gasteiger partial charge on any atom is -0.508 e. The molecule has 1 amide bonds. The molecular formula is C14H15NO7S. The van der Waals surface area contributed by atoms with Gasteiger partial charge in [-0.2, -0.15) is 0 Å². The number of phenols is 1. The summed E-state index contributed by atoms with van der Waals surface area (Å²) >= 11 is 1.30. The maximum atomic E-state index is 12.0. The highest BCUT2D eigenvalue weighted by atomic mass is 32.2. The SMILES string of the molecule is O=C1CSC(c2ccc(O)cc2)N1CCC(O)(C(=O)O)C(=O)O. The molecule has 23 heavy (non-hydrogen) atoms. The van der Waals surface area contributed by atoms with Crippen LogP contribution in [0.1, 0.15) is 17.4 Å². The van der Waals surface area contributed by atoms with Crippen LogP contribution in [0.15, 0.2) is 24.3 Å². The van der Waals surface area contributed by atoms with E-state index in [1.165, 1.54) is 28.8 Å². The highest BCUT2D eigenvalue weighted by molar-refractivity contribution is 8.00. The summed E-state index contributed by atoms with van der Waals surface area (Å²) in [6, 6.07) is 6.17. The number of aliphatic carboxylic acids is 2. The van der Waals surface area contributed by atoms with E-state index in [9.17, 15) is 24.6 Å². The van der Waals surface area contributed by atoms with Crippen LogP contribution in [0.2, 0.25) is 0 Å². The van der Waals surface area contributed by atoms with Crippen molar-refractivity contribution in [3.63, 3.8) is 0 Å². The Balaban J connectivity index is 2.16. The molecule has 8 nitrogen and oxygen atoms in total. The molecule has 4 N–H and O–H groups in total. The van der Waals surface area contributed by atoms with Crippen LogP contribution >= 0.6 is 11.8 Å². The summed E-state index contributed by atoms with van der Waals surface area (Å²) in [5.74, 6) is -3.77. The molecule has 1 aromatic carbocycles. The number of carbonyl (C=O) groups is 3. The lowest BCUT2D eigenvalue weighted by atomic mass is 10.00. The van der Waals surface area contributed by atoms with E-state index in [2.05, 4.69) is 0 Å². The Bertz CT molecular complexity index is 617. The van der Waals surface area contributed by atoms with E-state index < -0.39 is 29.3 Å². The van der Waals surface area contributed by atoms with Crippen molar-refractivity contribution in [3.05, 3.63) is 29.8 Å². The Morgan fingerprint density at radius 3 is 2.30 bits per heavy atom. The first-order valence-corrected chi connectivity index (χ1v) is 7.70. The maximum Gasteiger partial charge on any atom is 0.347 e. The molecule has 0 saturated carbocycles. The minimum atomic E-state index is -2.94. The van der Waals surface area contributed by atoms with Crippen LogP contribution in [0, 0.1) is 0 Å². The number of hydrogen-bond acceptors (Lipinski definition) is 6. The zero-order valence-electron chi connectivity index (χ0n) is 11.9. The van der Waals surface area contributed by atoms with Crippen LogP contribution in [0.5, 0.6) is 5.75 Å². The van der Waals surface area contributed by atoms with Crippen LogP contribution in [0.3, 0.4) is 0 Å². The van der Waals surface area contributed by atoms with Gasteiger partial charge in [0.05, 0.1) is 5.75 Å². The van der Waals surface area contributed by atoms with Crippen molar-refractivity contribution in [3.8, 4) is 5.75 Å². The Morgan fingerprint density at radius 1 is 1.22 bits per heavy atom. The number of carbonyl (C=O) groups excluding carboxylic acids is 1. The number of amides is 1. The first-order valence-electron chi connectivity index (χ1n) is 6.65. The highest BCUT2D eigenvalue weighted by Crippen LogP contribution is 2.39. The molecule has 1 saturated heterocycles. The quantitative estimate of drug-likeness (QED) is 0.541. The van der Waals surface area contributed by atoms with E-state index in [0.29, 0.717) is 5.56 Å². The molecule has 1 fully saturated rings. The van der Waals surface area contributed by atoms with E-state index in [4.69, 9.17) is 10.2 Å². The average Bonchev–Trinajstić information content (AvgIpc) is 2.86. The molecule has 0 bridgehead atoms. The van der Waals surface area contributed by atoms with Gasteiger partial charge < -0.3 is 25.3 Å². The first-order chi connectivity index (χ1) is 10.8. The van der Waals surface area contributed by atoms with Gasteiger partial charge in [-0.1, -0.05) is 12.1 Å². The molecule has 0 aliphatic carbocycles. The fourth-order valence-electron chi connectivity index (χ4n) is 2.20. The topological polar surface area (TPSA) is 135 Å². The van der Waals surface area contributed by atoms with Gasteiger partial charge in [-0.3, -0.25) is 4.79 Å². The van der Waals surface area contributed by atoms with E-state index in [0.717, 1.165) is 0 Å². The number of hydrogen-bond donors (Lipinski definition) is 4. The Labute approximate surface area is 135 Å². The Morgan fingerprint density at radius 2 is 1.78 bits per heavy atom. The second-order valence-electron chi connectivity index (χ2n) is 5.06. The van der Waals surface area contributed by atoms with Gasteiger partial charge in [0.15, 0.2) is 0 Å². The van der Waals surface area contributed by atoms with Crippen molar-refractivity contribution in [2.75, 3.05) is 12.3 Å². The van der Waals surface area contributed by atoms with Gasteiger partial charge in [-0.05, 0) is 17.7 Å². The standard InChI is InChI=1S/C14H15NO7S/c16-9-3-1-8(2-4-9)11-15(10(17)7-23-11)6-5-14(22,12(18)19)13(20)21/h1-4,11,16,22H,5-7H2,(H,18,19)(H,20,21). The predicted octanol–water partition coefficient (Wildman–Crippen LogP) is 0.257. The van der Waals surface area contributed by atoms with Crippen molar-refractivity contribution in [2.24, 2.45) is 0 Å². The van der Waals surface area contributed by atoms with Gasteiger partial charge in [-0.25, -0.2) is 9.59 Å². The number of benzene rings is 1. The highest BCUT2D eigenvalue weighted by Gasteiger charge is 2.46. The summed E-state index contributed by atoms with van der Waals surface area (Å²) in [7, 11) is 0. The van der Waals surface area contributed by atoms with Gasteiger partial charge in [0.2, 0.25) is 5.91 Å². The number of rotatable bonds is 6. The molecule has 0 aromatic heterocycles. The van der Waals surface area contributed by atoms with Crippen LogP contribution in [-0.4, -0.2) is 61.1 Å². The number of thioether (sulfide) groups is 1.